The molecule has 1 aliphatic rings. The molecule has 29 heavy (non-hydrogen) atoms. The molecular formula is C21H31N3O4S. The minimum Gasteiger partial charge on any atom is -0.416 e. The smallest absolute Gasteiger partial charge is 0.254 e. The van der Waals surface area contributed by atoms with Gasteiger partial charge in [-0.1, -0.05) is 37.3 Å². The molecule has 1 aliphatic heterocycles. The van der Waals surface area contributed by atoms with Crippen LogP contribution in [0.5, 0.6) is 0 Å². The maximum atomic E-state index is 12.9. The van der Waals surface area contributed by atoms with Crippen molar-refractivity contribution < 1.29 is 19.5 Å². The van der Waals surface area contributed by atoms with Gasteiger partial charge < -0.3 is 20.2 Å². The van der Waals surface area contributed by atoms with Gasteiger partial charge in [-0.05, 0) is 39.2 Å². The molecule has 0 saturated carbocycles. The summed E-state index contributed by atoms with van der Waals surface area (Å²) in [5.41, 5.74) is 1.29. The molecule has 7 nitrogen and oxygen atoms in total. The largest absolute Gasteiger partial charge is 0.416 e. The number of hydrogen-bond acceptors (Lipinski definition) is 6. The molecule has 2 atom stereocenters. The lowest BCUT2D eigenvalue weighted by atomic mass is 9.99. The van der Waals surface area contributed by atoms with Gasteiger partial charge >= 0.3 is 0 Å². The topological polar surface area (TPSA) is 105 Å². The average molecular weight is 422 g/mol. The van der Waals surface area contributed by atoms with E-state index < -0.39 is 18.1 Å². The molecule has 0 aromatic heterocycles. The van der Waals surface area contributed by atoms with Crippen molar-refractivity contribution in [1.82, 2.24) is 10.2 Å². The predicted octanol–water partition coefficient (Wildman–Crippen LogP) is 1.96. The van der Waals surface area contributed by atoms with Gasteiger partial charge in [0.05, 0.1) is 17.5 Å². The van der Waals surface area contributed by atoms with Crippen molar-refractivity contribution in [1.29, 1.82) is 0 Å². The number of aliphatic hydroxyl groups excluding tert-OH is 1. The van der Waals surface area contributed by atoms with Crippen LogP contribution in [0.25, 0.3) is 0 Å². The lowest BCUT2D eigenvalue weighted by Crippen LogP contribution is -2.53. The fraction of sp³-hybridized carbons (Fsp3) is 0.524. The highest BCUT2D eigenvalue weighted by molar-refractivity contribution is 8.00. The van der Waals surface area contributed by atoms with E-state index in [1.165, 1.54) is 0 Å². The van der Waals surface area contributed by atoms with Crippen LogP contribution in [-0.4, -0.2) is 51.1 Å². The minimum atomic E-state index is -1.36. The first-order valence-electron chi connectivity index (χ1n) is 9.70. The summed E-state index contributed by atoms with van der Waals surface area (Å²) in [5, 5.41) is 13.7. The van der Waals surface area contributed by atoms with Gasteiger partial charge in [0.15, 0.2) is 6.10 Å². The van der Waals surface area contributed by atoms with Crippen LogP contribution in [0.1, 0.15) is 39.7 Å². The van der Waals surface area contributed by atoms with Gasteiger partial charge in [0.1, 0.15) is 5.76 Å². The van der Waals surface area contributed by atoms with Crippen molar-refractivity contribution in [2.24, 2.45) is 5.90 Å². The molecule has 2 rings (SSSR count). The summed E-state index contributed by atoms with van der Waals surface area (Å²) in [5.74, 6) is 5.26. The molecule has 160 valence electrons. The second-order valence-corrected chi connectivity index (χ2v) is 9.44. The third-order valence-corrected chi connectivity index (χ3v) is 6.32. The SMILES string of the molecule is CC/C(C(=O)NC(Cc1ccccc1)C(O)C(=O)N1CSC(C)(C)C1)=C(/C)ON. The minimum absolute atomic E-state index is 0.0543. The van der Waals surface area contributed by atoms with E-state index in [1.807, 2.05) is 37.3 Å². The normalized spacial score (nSPS) is 18.6. The van der Waals surface area contributed by atoms with E-state index >= 15 is 0 Å². The molecule has 0 bridgehead atoms. The summed E-state index contributed by atoms with van der Waals surface area (Å²) >= 11 is 1.67. The summed E-state index contributed by atoms with van der Waals surface area (Å²) < 4.78 is -0.0543. The summed E-state index contributed by atoms with van der Waals surface area (Å²) in [6, 6.07) is 8.67. The zero-order valence-electron chi connectivity index (χ0n) is 17.5. The van der Waals surface area contributed by atoms with Gasteiger partial charge in [0, 0.05) is 11.3 Å². The van der Waals surface area contributed by atoms with Crippen LogP contribution in [0.15, 0.2) is 41.7 Å². The summed E-state index contributed by atoms with van der Waals surface area (Å²) in [6.07, 6.45) is -0.622. The van der Waals surface area contributed by atoms with Crippen molar-refractivity contribution in [3.05, 3.63) is 47.2 Å². The molecule has 1 fully saturated rings. The molecular weight excluding hydrogens is 390 g/mol. The first-order chi connectivity index (χ1) is 13.7. The second-order valence-electron chi connectivity index (χ2n) is 7.79. The molecule has 2 amide bonds. The van der Waals surface area contributed by atoms with Crippen LogP contribution >= 0.6 is 11.8 Å². The maximum absolute atomic E-state index is 12.9. The van der Waals surface area contributed by atoms with E-state index in [0.29, 0.717) is 36.6 Å². The molecule has 0 radical (unpaired) electrons. The van der Waals surface area contributed by atoms with Crippen molar-refractivity contribution in [3.8, 4) is 0 Å². The van der Waals surface area contributed by atoms with Crippen LogP contribution in [-0.2, 0) is 20.8 Å². The van der Waals surface area contributed by atoms with E-state index in [9.17, 15) is 14.7 Å². The van der Waals surface area contributed by atoms with Gasteiger partial charge in [-0.25, -0.2) is 0 Å². The summed E-state index contributed by atoms with van der Waals surface area (Å²) in [4.78, 5) is 32.1. The fourth-order valence-corrected chi connectivity index (χ4v) is 4.28. The Labute approximate surface area is 176 Å². The number of amides is 2. The fourth-order valence-electron chi connectivity index (χ4n) is 3.31. The molecule has 1 heterocycles. The van der Waals surface area contributed by atoms with Crippen molar-refractivity contribution in [3.63, 3.8) is 0 Å². The van der Waals surface area contributed by atoms with Crippen LogP contribution in [0, 0.1) is 0 Å². The zero-order valence-corrected chi connectivity index (χ0v) is 18.3. The molecule has 1 saturated heterocycles. The van der Waals surface area contributed by atoms with E-state index in [-0.39, 0.29) is 10.7 Å². The number of carbonyl (C=O) groups excluding carboxylic acids is 2. The number of carbonyl (C=O) groups is 2. The van der Waals surface area contributed by atoms with Gasteiger partial charge in [-0.3, -0.25) is 9.59 Å². The van der Waals surface area contributed by atoms with Crippen LogP contribution < -0.4 is 11.2 Å². The first-order valence-corrected chi connectivity index (χ1v) is 10.7. The number of thioether (sulfide) groups is 1. The lowest BCUT2D eigenvalue weighted by Gasteiger charge is -2.28. The molecule has 0 aliphatic carbocycles. The monoisotopic (exact) mass is 421 g/mol. The Morgan fingerprint density at radius 2 is 2.00 bits per heavy atom. The van der Waals surface area contributed by atoms with Gasteiger partial charge in [-0.15, -0.1) is 11.8 Å². The number of hydrogen-bond donors (Lipinski definition) is 3. The summed E-state index contributed by atoms with van der Waals surface area (Å²) in [7, 11) is 0. The third kappa shape index (κ3) is 6.22. The number of nitrogens with one attached hydrogen (secondary N) is 1. The number of nitrogens with zero attached hydrogens (tertiary/aromatic N) is 1. The first kappa shape index (κ1) is 23.3. The molecule has 0 spiro atoms. The number of benzene rings is 1. The lowest BCUT2D eigenvalue weighted by molar-refractivity contribution is -0.141. The van der Waals surface area contributed by atoms with Crippen LogP contribution in [0.4, 0.5) is 0 Å². The highest BCUT2D eigenvalue weighted by atomic mass is 32.2. The molecule has 1 aromatic rings. The van der Waals surface area contributed by atoms with E-state index in [1.54, 1.807) is 23.6 Å². The van der Waals surface area contributed by atoms with E-state index in [4.69, 9.17) is 10.7 Å². The van der Waals surface area contributed by atoms with E-state index in [0.717, 1.165) is 5.56 Å². The Morgan fingerprint density at radius 3 is 2.52 bits per heavy atom. The summed E-state index contributed by atoms with van der Waals surface area (Å²) in [6.45, 7) is 8.10. The predicted molar refractivity (Wildman–Crippen MR) is 115 cm³/mol. The Kier molecular flexibility index (Phi) is 8.13. The average Bonchev–Trinajstić information content (AvgIpc) is 3.07. The number of rotatable bonds is 8. The maximum Gasteiger partial charge on any atom is 0.254 e. The van der Waals surface area contributed by atoms with Crippen molar-refractivity contribution >= 4 is 23.6 Å². The third-order valence-electron chi connectivity index (χ3n) is 4.97. The quantitative estimate of drug-likeness (QED) is 0.337. The molecule has 8 heteroatoms. The molecule has 2 unspecified atom stereocenters. The Balaban J connectivity index is 2.22. The Morgan fingerprint density at radius 1 is 1.34 bits per heavy atom. The number of aliphatic hydroxyl groups is 1. The Bertz CT molecular complexity index is 752. The van der Waals surface area contributed by atoms with Gasteiger partial charge in [0.25, 0.3) is 11.8 Å². The van der Waals surface area contributed by atoms with Gasteiger partial charge in [-0.2, -0.15) is 5.90 Å². The molecule has 1 aromatic carbocycles. The Hall–Kier alpha value is -2.03. The van der Waals surface area contributed by atoms with Crippen molar-refractivity contribution in [2.45, 2.75) is 57.4 Å². The van der Waals surface area contributed by atoms with Gasteiger partial charge in [0.2, 0.25) is 0 Å². The standard InChI is InChI=1S/C21H31N3O4S/c1-5-16(14(2)28-22)19(26)23-17(11-15-9-7-6-8-10-15)18(25)20(27)24-12-21(3,4)29-13-24/h6-10,17-18,25H,5,11-13,22H2,1-4H3,(H,23,26)/b16-14+. The van der Waals surface area contributed by atoms with Crippen LogP contribution in [0.2, 0.25) is 0 Å². The zero-order chi connectivity index (χ0) is 21.6. The number of allylic oxidation sites excluding steroid dienone is 1. The van der Waals surface area contributed by atoms with Crippen LogP contribution in [0.3, 0.4) is 0 Å². The highest BCUT2D eigenvalue weighted by Crippen LogP contribution is 2.33. The number of nitrogens with two attached hydrogens (primary N) is 1. The second kappa shape index (κ2) is 10.1. The van der Waals surface area contributed by atoms with Crippen molar-refractivity contribution in [2.75, 3.05) is 12.4 Å². The van der Waals surface area contributed by atoms with E-state index in [2.05, 4.69) is 19.2 Å². The molecule has 4 N–H and O–H groups in total. The highest BCUT2D eigenvalue weighted by Gasteiger charge is 2.38.